The van der Waals surface area contributed by atoms with Gasteiger partial charge >= 0.3 is 11.8 Å². The average molecular weight is 378 g/mol. The summed E-state index contributed by atoms with van der Waals surface area (Å²) in [7, 11) is 1.45. The van der Waals surface area contributed by atoms with Crippen molar-refractivity contribution in [3.63, 3.8) is 0 Å². The van der Waals surface area contributed by atoms with Crippen LogP contribution in [0.4, 0.5) is 5.69 Å². The molecule has 0 saturated carbocycles. The lowest BCUT2D eigenvalue weighted by Gasteiger charge is -2.09. The molecule has 2 aromatic rings. The molecule has 0 bridgehead atoms. The Labute approximate surface area is 154 Å². The van der Waals surface area contributed by atoms with E-state index in [1.54, 1.807) is 23.9 Å². The summed E-state index contributed by atoms with van der Waals surface area (Å²) in [5, 5.41) is 6.60. The molecule has 130 valence electrons. The fourth-order valence-corrected chi connectivity index (χ4v) is 2.44. The molecule has 2 aromatic carbocycles. The van der Waals surface area contributed by atoms with Gasteiger partial charge in [-0.05, 0) is 42.2 Å². The van der Waals surface area contributed by atoms with Gasteiger partial charge in [0.1, 0.15) is 5.75 Å². The molecule has 0 heterocycles. The highest BCUT2D eigenvalue weighted by atomic mass is 35.5. The molecule has 0 unspecified atom stereocenters. The summed E-state index contributed by atoms with van der Waals surface area (Å²) in [4.78, 5) is 24.8. The van der Waals surface area contributed by atoms with Crippen LogP contribution in [-0.2, 0) is 9.59 Å². The molecule has 25 heavy (non-hydrogen) atoms. The second-order valence-corrected chi connectivity index (χ2v) is 6.09. The van der Waals surface area contributed by atoms with E-state index in [1.807, 2.05) is 30.5 Å². The summed E-state index contributed by atoms with van der Waals surface area (Å²) in [6, 6.07) is 12.3. The number of halogens is 1. The third-order valence-electron chi connectivity index (χ3n) is 3.11. The van der Waals surface area contributed by atoms with Crippen molar-refractivity contribution in [2.45, 2.75) is 4.90 Å². The summed E-state index contributed by atoms with van der Waals surface area (Å²) in [5.41, 5.74) is 3.27. The number of amides is 2. The van der Waals surface area contributed by atoms with E-state index in [9.17, 15) is 9.59 Å². The molecule has 0 aliphatic heterocycles. The minimum Gasteiger partial charge on any atom is -0.495 e. The maximum atomic E-state index is 11.9. The van der Waals surface area contributed by atoms with Crippen LogP contribution in [0.25, 0.3) is 0 Å². The molecule has 0 radical (unpaired) electrons. The van der Waals surface area contributed by atoms with Crippen molar-refractivity contribution in [3.05, 3.63) is 53.1 Å². The zero-order valence-corrected chi connectivity index (χ0v) is 15.1. The fourth-order valence-electron chi connectivity index (χ4n) is 1.86. The number of methoxy groups -OCH3 is 1. The zero-order chi connectivity index (χ0) is 18.2. The number of ether oxygens (including phenoxy) is 1. The van der Waals surface area contributed by atoms with E-state index in [1.165, 1.54) is 19.4 Å². The molecule has 0 spiro atoms. The number of carbonyl (C=O) groups excluding carboxylic acids is 2. The van der Waals surface area contributed by atoms with Crippen molar-refractivity contribution in [2.24, 2.45) is 5.10 Å². The molecule has 0 aliphatic carbocycles. The minimum absolute atomic E-state index is 0.298. The molecule has 0 aliphatic rings. The number of nitrogens with one attached hydrogen (secondary N) is 2. The van der Waals surface area contributed by atoms with Gasteiger partial charge in [-0.15, -0.1) is 11.8 Å². The molecule has 6 nitrogen and oxygen atoms in total. The van der Waals surface area contributed by atoms with Gasteiger partial charge in [-0.1, -0.05) is 23.7 Å². The number of carbonyl (C=O) groups is 2. The van der Waals surface area contributed by atoms with Crippen molar-refractivity contribution < 1.29 is 14.3 Å². The fraction of sp³-hybridized carbons (Fsp3) is 0.118. The third kappa shape index (κ3) is 5.51. The Morgan fingerprint density at radius 3 is 2.52 bits per heavy atom. The lowest BCUT2D eigenvalue weighted by Crippen LogP contribution is -2.32. The summed E-state index contributed by atoms with van der Waals surface area (Å²) in [5.74, 6) is -1.39. The van der Waals surface area contributed by atoms with E-state index in [-0.39, 0.29) is 0 Å². The van der Waals surface area contributed by atoms with E-state index in [4.69, 9.17) is 16.3 Å². The van der Waals surface area contributed by atoms with Crippen LogP contribution < -0.4 is 15.5 Å². The van der Waals surface area contributed by atoms with Gasteiger partial charge in [0.25, 0.3) is 0 Å². The minimum atomic E-state index is -0.904. The Kier molecular flexibility index (Phi) is 6.85. The normalized spacial score (nSPS) is 10.5. The van der Waals surface area contributed by atoms with Crippen molar-refractivity contribution >= 4 is 47.1 Å². The number of hydrogen-bond acceptors (Lipinski definition) is 5. The maximum absolute atomic E-state index is 11.9. The van der Waals surface area contributed by atoms with E-state index in [0.717, 1.165) is 10.5 Å². The first-order valence-corrected chi connectivity index (χ1v) is 8.75. The smallest absolute Gasteiger partial charge is 0.329 e. The van der Waals surface area contributed by atoms with Gasteiger partial charge in [0.15, 0.2) is 0 Å². The van der Waals surface area contributed by atoms with Crippen molar-refractivity contribution in [2.75, 3.05) is 18.7 Å². The number of rotatable bonds is 5. The van der Waals surface area contributed by atoms with Crippen LogP contribution in [-0.4, -0.2) is 31.4 Å². The van der Waals surface area contributed by atoms with Gasteiger partial charge in [0.2, 0.25) is 0 Å². The first-order chi connectivity index (χ1) is 12.0. The molecule has 0 atom stereocenters. The summed E-state index contributed by atoms with van der Waals surface area (Å²) < 4.78 is 5.10. The molecule has 0 saturated heterocycles. The second kappa shape index (κ2) is 9.10. The second-order valence-electron chi connectivity index (χ2n) is 4.77. The van der Waals surface area contributed by atoms with Crippen LogP contribution in [0.15, 0.2) is 52.5 Å². The van der Waals surface area contributed by atoms with Gasteiger partial charge in [0, 0.05) is 9.92 Å². The Bertz CT molecular complexity index is 794. The van der Waals surface area contributed by atoms with E-state index in [0.29, 0.717) is 16.5 Å². The number of anilines is 1. The molecular formula is C17H16ClN3O3S. The van der Waals surface area contributed by atoms with Crippen LogP contribution >= 0.6 is 23.4 Å². The van der Waals surface area contributed by atoms with Crippen LogP contribution in [0.1, 0.15) is 5.56 Å². The lowest BCUT2D eigenvalue weighted by atomic mass is 10.2. The highest BCUT2D eigenvalue weighted by Gasteiger charge is 2.15. The van der Waals surface area contributed by atoms with Gasteiger partial charge in [-0.25, -0.2) is 5.43 Å². The molecule has 8 heteroatoms. The maximum Gasteiger partial charge on any atom is 0.329 e. The van der Waals surface area contributed by atoms with Crippen LogP contribution in [0.5, 0.6) is 5.75 Å². The van der Waals surface area contributed by atoms with Crippen molar-refractivity contribution in [3.8, 4) is 5.75 Å². The monoisotopic (exact) mass is 377 g/mol. The van der Waals surface area contributed by atoms with E-state index in [2.05, 4.69) is 15.8 Å². The molecule has 0 fully saturated rings. The van der Waals surface area contributed by atoms with E-state index >= 15 is 0 Å². The molecule has 0 aromatic heterocycles. The highest BCUT2D eigenvalue weighted by molar-refractivity contribution is 7.98. The van der Waals surface area contributed by atoms with Gasteiger partial charge in [-0.3, -0.25) is 9.59 Å². The van der Waals surface area contributed by atoms with E-state index < -0.39 is 11.8 Å². The SMILES string of the molecule is COc1ccc(Cl)cc1NC(=O)C(=O)N/N=C\c1ccc(SC)cc1. The Morgan fingerprint density at radius 2 is 1.88 bits per heavy atom. The Hall–Kier alpha value is -2.51. The zero-order valence-electron chi connectivity index (χ0n) is 13.6. The van der Waals surface area contributed by atoms with Crippen molar-refractivity contribution in [1.82, 2.24) is 5.43 Å². The van der Waals surface area contributed by atoms with Gasteiger partial charge in [0.05, 0.1) is 19.0 Å². The number of hydrogen-bond donors (Lipinski definition) is 2. The first-order valence-electron chi connectivity index (χ1n) is 7.15. The first kappa shape index (κ1) is 18.8. The Morgan fingerprint density at radius 1 is 1.16 bits per heavy atom. The molecular weight excluding hydrogens is 362 g/mol. The van der Waals surface area contributed by atoms with Crippen LogP contribution in [0.3, 0.4) is 0 Å². The van der Waals surface area contributed by atoms with Crippen molar-refractivity contribution in [1.29, 1.82) is 0 Å². The quantitative estimate of drug-likeness (QED) is 0.363. The number of thioether (sulfide) groups is 1. The van der Waals surface area contributed by atoms with Crippen LogP contribution in [0.2, 0.25) is 5.02 Å². The summed E-state index contributed by atoms with van der Waals surface area (Å²) in [6.45, 7) is 0. The molecule has 2 N–H and O–H groups in total. The number of hydrazone groups is 1. The topological polar surface area (TPSA) is 79.8 Å². The third-order valence-corrected chi connectivity index (χ3v) is 4.09. The average Bonchev–Trinajstić information content (AvgIpc) is 2.62. The summed E-state index contributed by atoms with van der Waals surface area (Å²) in [6.07, 6.45) is 3.44. The predicted octanol–water partition coefficient (Wildman–Crippen LogP) is 3.16. The number of benzene rings is 2. The van der Waals surface area contributed by atoms with Gasteiger partial charge < -0.3 is 10.1 Å². The molecule has 2 amide bonds. The van der Waals surface area contributed by atoms with Crippen LogP contribution in [0, 0.1) is 0 Å². The lowest BCUT2D eigenvalue weighted by molar-refractivity contribution is -0.136. The van der Waals surface area contributed by atoms with Gasteiger partial charge in [-0.2, -0.15) is 5.10 Å². The predicted molar refractivity (Wildman–Crippen MR) is 101 cm³/mol. The largest absolute Gasteiger partial charge is 0.495 e. The highest BCUT2D eigenvalue weighted by Crippen LogP contribution is 2.27. The molecule has 2 rings (SSSR count). The number of nitrogens with zero attached hydrogens (tertiary/aromatic N) is 1. The Balaban J connectivity index is 1.95. The summed E-state index contributed by atoms with van der Waals surface area (Å²) >= 11 is 7.51. The standard InChI is InChI=1S/C17H16ClN3O3S/c1-24-15-8-5-12(18)9-14(15)20-16(22)17(23)21-19-10-11-3-6-13(25-2)7-4-11/h3-10H,1-2H3,(H,20,22)(H,21,23)/b19-10-.